The Morgan fingerprint density at radius 3 is 2.65 bits per heavy atom. The minimum atomic E-state index is -0.275. The fourth-order valence-electron chi connectivity index (χ4n) is 3.59. The normalized spacial score (nSPS) is 29.6. The number of rotatable bonds is 3. The van der Waals surface area contributed by atoms with Crippen LogP contribution in [0.4, 0.5) is 0 Å². The molecule has 0 saturated carbocycles. The lowest BCUT2D eigenvalue weighted by atomic mass is 9.92. The van der Waals surface area contributed by atoms with E-state index in [0.717, 1.165) is 9.88 Å². The summed E-state index contributed by atoms with van der Waals surface area (Å²) in [6.07, 6.45) is 4.99. The second kappa shape index (κ2) is 5.45. The molecule has 0 aromatic carbocycles. The predicted octanol–water partition coefficient (Wildman–Crippen LogP) is 2.97. The summed E-state index contributed by atoms with van der Waals surface area (Å²) in [6.45, 7) is 4.20. The molecule has 0 spiro atoms. The number of hydrogen-bond donors (Lipinski definition) is 0. The summed E-state index contributed by atoms with van der Waals surface area (Å²) in [6, 6.07) is 1.41. The highest BCUT2D eigenvalue weighted by Crippen LogP contribution is 2.43. The molecular formula is C15H22N2O2S. The third-order valence-electron chi connectivity index (χ3n) is 4.73. The molecule has 0 radical (unpaired) electrons. The monoisotopic (exact) mass is 294 g/mol. The first kappa shape index (κ1) is 14.0. The smallest absolute Gasteiger partial charge is 0.358 e. The van der Waals surface area contributed by atoms with E-state index in [1.54, 1.807) is 11.3 Å². The summed E-state index contributed by atoms with van der Waals surface area (Å²) >= 11 is 1.68. The maximum absolute atomic E-state index is 11.9. The standard InChI is InChI=1S/C15H22N2O2S/c1-4-19-15(18)13-9(2)20-14(16-13)10-7-11-5-6-12(8-10)17(11)3/h10-12H,4-8H2,1-3H3. The van der Waals surface area contributed by atoms with Crippen LogP contribution in [-0.4, -0.2) is 41.6 Å². The van der Waals surface area contributed by atoms with E-state index in [-0.39, 0.29) is 5.97 Å². The van der Waals surface area contributed by atoms with Gasteiger partial charge in [0, 0.05) is 22.9 Å². The molecule has 3 heterocycles. The van der Waals surface area contributed by atoms with Crippen molar-refractivity contribution in [2.45, 2.75) is 57.5 Å². The van der Waals surface area contributed by atoms with Crippen LogP contribution in [0.2, 0.25) is 0 Å². The predicted molar refractivity (Wildman–Crippen MR) is 79.4 cm³/mol. The van der Waals surface area contributed by atoms with Crippen LogP contribution in [-0.2, 0) is 4.74 Å². The summed E-state index contributed by atoms with van der Waals surface area (Å²) in [4.78, 5) is 20.0. The van der Waals surface area contributed by atoms with E-state index in [1.165, 1.54) is 25.7 Å². The van der Waals surface area contributed by atoms with E-state index in [1.807, 2.05) is 13.8 Å². The van der Waals surface area contributed by atoms with Crippen LogP contribution in [0.1, 0.15) is 58.9 Å². The summed E-state index contributed by atoms with van der Waals surface area (Å²) in [5.74, 6) is 0.249. The molecule has 4 nitrogen and oxygen atoms in total. The Labute approximate surface area is 124 Å². The van der Waals surface area contributed by atoms with Gasteiger partial charge < -0.3 is 9.64 Å². The van der Waals surface area contributed by atoms with Gasteiger partial charge in [-0.15, -0.1) is 11.3 Å². The molecule has 2 unspecified atom stereocenters. The van der Waals surface area contributed by atoms with E-state index in [2.05, 4.69) is 16.9 Å². The van der Waals surface area contributed by atoms with E-state index < -0.39 is 0 Å². The molecule has 5 heteroatoms. The number of piperidine rings is 1. The van der Waals surface area contributed by atoms with E-state index in [4.69, 9.17) is 4.74 Å². The fourth-order valence-corrected chi connectivity index (χ4v) is 4.63. The third kappa shape index (κ3) is 2.37. The SMILES string of the molecule is CCOC(=O)c1nc(C2CC3CCC(C2)N3C)sc1C. The van der Waals surface area contributed by atoms with Gasteiger partial charge >= 0.3 is 5.97 Å². The second-order valence-electron chi connectivity index (χ2n) is 5.90. The van der Waals surface area contributed by atoms with Crippen molar-refractivity contribution >= 4 is 17.3 Å². The number of carbonyl (C=O) groups is 1. The zero-order valence-electron chi connectivity index (χ0n) is 12.4. The molecule has 2 bridgehead atoms. The molecule has 2 atom stereocenters. The summed E-state index contributed by atoms with van der Waals surface area (Å²) in [7, 11) is 2.25. The lowest BCUT2D eigenvalue weighted by Gasteiger charge is -2.35. The Hall–Kier alpha value is -0.940. The van der Waals surface area contributed by atoms with Crippen LogP contribution in [0, 0.1) is 6.92 Å². The molecule has 20 heavy (non-hydrogen) atoms. The highest BCUT2D eigenvalue weighted by molar-refractivity contribution is 7.12. The maximum Gasteiger partial charge on any atom is 0.358 e. The van der Waals surface area contributed by atoms with Gasteiger partial charge in [-0.3, -0.25) is 0 Å². The minimum absolute atomic E-state index is 0.275. The topological polar surface area (TPSA) is 42.4 Å². The Kier molecular flexibility index (Phi) is 3.82. The first-order valence-electron chi connectivity index (χ1n) is 7.46. The summed E-state index contributed by atoms with van der Waals surface area (Å²) < 4.78 is 5.08. The molecule has 0 N–H and O–H groups in total. The molecule has 3 rings (SSSR count). The zero-order valence-corrected chi connectivity index (χ0v) is 13.2. The molecule has 1 aromatic rings. The van der Waals surface area contributed by atoms with Crippen LogP contribution < -0.4 is 0 Å². The van der Waals surface area contributed by atoms with Crippen molar-refractivity contribution in [3.63, 3.8) is 0 Å². The number of carbonyl (C=O) groups excluding carboxylic acids is 1. The van der Waals surface area contributed by atoms with Crippen molar-refractivity contribution in [1.29, 1.82) is 0 Å². The minimum Gasteiger partial charge on any atom is -0.461 e. The van der Waals surface area contributed by atoms with Gasteiger partial charge in [0.05, 0.1) is 11.6 Å². The van der Waals surface area contributed by atoms with Crippen molar-refractivity contribution in [2.75, 3.05) is 13.7 Å². The molecular weight excluding hydrogens is 272 g/mol. The highest BCUT2D eigenvalue weighted by Gasteiger charge is 2.40. The number of fused-ring (bicyclic) bond motifs is 2. The number of aryl methyl sites for hydroxylation is 1. The maximum atomic E-state index is 11.9. The Morgan fingerprint density at radius 2 is 2.05 bits per heavy atom. The second-order valence-corrected chi connectivity index (χ2v) is 7.13. The number of ether oxygens (including phenoxy) is 1. The van der Waals surface area contributed by atoms with Gasteiger partial charge in [0.15, 0.2) is 5.69 Å². The highest BCUT2D eigenvalue weighted by atomic mass is 32.1. The molecule has 1 aromatic heterocycles. The number of esters is 1. The fraction of sp³-hybridized carbons (Fsp3) is 0.733. The average molecular weight is 294 g/mol. The Morgan fingerprint density at radius 1 is 1.40 bits per heavy atom. The largest absolute Gasteiger partial charge is 0.461 e. The van der Waals surface area contributed by atoms with Crippen LogP contribution in [0.25, 0.3) is 0 Å². The number of aromatic nitrogens is 1. The van der Waals surface area contributed by atoms with E-state index >= 15 is 0 Å². The van der Waals surface area contributed by atoms with Gasteiger partial charge in [0.1, 0.15) is 0 Å². The number of nitrogens with zero attached hydrogens (tertiary/aromatic N) is 2. The Bertz CT molecular complexity index is 500. The van der Waals surface area contributed by atoms with Crippen LogP contribution in [0.15, 0.2) is 0 Å². The summed E-state index contributed by atoms with van der Waals surface area (Å²) in [5, 5.41) is 1.13. The lowest BCUT2D eigenvalue weighted by Crippen LogP contribution is -2.39. The number of thiazole rings is 1. The average Bonchev–Trinajstić information content (AvgIpc) is 2.86. The van der Waals surface area contributed by atoms with Crippen molar-refractivity contribution < 1.29 is 9.53 Å². The lowest BCUT2D eigenvalue weighted by molar-refractivity contribution is 0.0519. The molecule has 2 aliphatic rings. The van der Waals surface area contributed by atoms with E-state index in [0.29, 0.717) is 30.3 Å². The van der Waals surface area contributed by atoms with Crippen molar-refractivity contribution in [3.8, 4) is 0 Å². The van der Waals surface area contributed by atoms with Crippen LogP contribution in [0.5, 0.6) is 0 Å². The molecule has 2 saturated heterocycles. The first-order chi connectivity index (χ1) is 9.60. The van der Waals surface area contributed by atoms with Crippen LogP contribution in [0.3, 0.4) is 0 Å². The summed E-state index contributed by atoms with van der Waals surface area (Å²) in [5.41, 5.74) is 0.526. The number of hydrogen-bond acceptors (Lipinski definition) is 5. The quantitative estimate of drug-likeness (QED) is 0.804. The first-order valence-corrected chi connectivity index (χ1v) is 8.28. The molecule has 0 amide bonds. The van der Waals surface area contributed by atoms with Crippen LogP contribution >= 0.6 is 11.3 Å². The van der Waals surface area contributed by atoms with Gasteiger partial charge in [-0.25, -0.2) is 9.78 Å². The zero-order chi connectivity index (χ0) is 14.3. The van der Waals surface area contributed by atoms with Gasteiger partial charge in [-0.2, -0.15) is 0 Å². The Balaban J connectivity index is 1.78. The van der Waals surface area contributed by atoms with Crippen molar-refractivity contribution in [3.05, 3.63) is 15.6 Å². The van der Waals surface area contributed by atoms with Gasteiger partial charge in [0.2, 0.25) is 0 Å². The van der Waals surface area contributed by atoms with Gasteiger partial charge in [-0.05, 0) is 46.6 Å². The molecule has 2 aliphatic heterocycles. The molecule has 2 fully saturated rings. The molecule has 110 valence electrons. The molecule has 0 aliphatic carbocycles. The van der Waals surface area contributed by atoms with Crippen molar-refractivity contribution in [1.82, 2.24) is 9.88 Å². The van der Waals surface area contributed by atoms with Crippen molar-refractivity contribution in [2.24, 2.45) is 0 Å². The van der Waals surface area contributed by atoms with E-state index in [9.17, 15) is 4.79 Å². The third-order valence-corrected chi connectivity index (χ3v) is 5.86. The van der Waals surface area contributed by atoms with Gasteiger partial charge in [-0.1, -0.05) is 0 Å². The van der Waals surface area contributed by atoms with Gasteiger partial charge in [0.25, 0.3) is 0 Å².